The molecule has 0 aliphatic carbocycles. The lowest BCUT2D eigenvalue weighted by Gasteiger charge is -2.22. The van der Waals surface area contributed by atoms with Gasteiger partial charge in [0.2, 0.25) is 0 Å². The third kappa shape index (κ3) is 19.7. The molecule has 2 rings (SSSR count). The molecular weight excluding hydrogens is 568 g/mol. The van der Waals surface area contributed by atoms with Crippen molar-refractivity contribution in [2.75, 3.05) is 26.4 Å². The van der Waals surface area contributed by atoms with Gasteiger partial charge in [-0.15, -0.1) is 0 Å². The third-order valence-electron chi connectivity index (χ3n) is 6.54. The number of rotatable bonds is 28. The highest BCUT2D eigenvalue weighted by Crippen LogP contribution is 2.15. The summed E-state index contributed by atoms with van der Waals surface area (Å²) in [4.78, 5) is 0. The second-order valence-corrected chi connectivity index (χ2v) is 10.8. The molecule has 0 heterocycles. The van der Waals surface area contributed by atoms with Crippen molar-refractivity contribution >= 4 is 0 Å². The molecule has 0 amide bonds. The second-order valence-electron chi connectivity index (χ2n) is 10.8. The van der Waals surface area contributed by atoms with Crippen molar-refractivity contribution in [1.82, 2.24) is 0 Å². The Kier molecular flexibility index (Phi) is 23.1. The Morgan fingerprint density at radius 1 is 0.489 bits per heavy atom. The van der Waals surface area contributed by atoms with Crippen LogP contribution in [0.1, 0.15) is 90.2 Å². The van der Waals surface area contributed by atoms with Crippen LogP contribution in [0.25, 0.3) is 0 Å². The van der Waals surface area contributed by atoms with Gasteiger partial charge in [0.1, 0.15) is 0 Å². The lowest BCUT2D eigenvalue weighted by atomic mass is 10.2. The third-order valence-corrected chi connectivity index (χ3v) is 6.54. The van der Waals surface area contributed by atoms with E-state index in [9.17, 15) is 0 Å². The monoisotopic (exact) mass is 626 g/mol. The highest BCUT2D eigenvalue weighted by Gasteiger charge is 2.15. The first kappa shape index (κ1) is 38.8. The molecule has 0 spiro atoms. The average Bonchev–Trinajstić information content (AvgIpc) is 3.08. The van der Waals surface area contributed by atoms with E-state index in [0.29, 0.717) is 39.6 Å². The van der Waals surface area contributed by atoms with E-state index in [1.54, 1.807) is 0 Å². The number of hydrogen-bond donors (Lipinski definition) is 0. The van der Waals surface area contributed by atoms with Gasteiger partial charge in [-0.05, 0) is 61.8 Å². The summed E-state index contributed by atoms with van der Waals surface area (Å²) in [5.74, 6) is 0. The minimum absolute atomic E-state index is 0.213. The summed E-state index contributed by atoms with van der Waals surface area (Å²) in [5.41, 5.74) is 2.14. The Hall–Kier alpha value is -2.36. The zero-order valence-electron chi connectivity index (χ0n) is 28.1. The molecular formula is C38H58O7. The highest BCUT2D eigenvalue weighted by atomic mass is 16.8. The van der Waals surface area contributed by atoms with E-state index in [1.807, 2.05) is 72.8 Å². The molecule has 0 bridgehead atoms. The van der Waals surface area contributed by atoms with Gasteiger partial charge in [0.15, 0.2) is 25.2 Å². The smallest absolute Gasteiger partial charge is 0.180 e. The van der Waals surface area contributed by atoms with Gasteiger partial charge in [0.05, 0.1) is 13.2 Å². The lowest BCUT2D eigenvalue weighted by molar-refractivity contribution is -0.215. The van der Waals surface area contributed by atoms with Gasteiger partial charge in [-0.1, -0.05) is 101 Å². The molecule has 7 heteroatoms. The summed E-state index contributed by atoms with van der Waals surface area (Å²) >= 11 is 0. The maximum absolute atomic E-state index is 6.42. The van der Waals surface area contributed by atoms with E-state index in [2.05, 4.69) is 39.8 Å². The molecule has 0 aliphatic heterocycles. The molecule has 7 nitrogen and oxygen atoms in total. The lowest BCUT2D eigenvalue weighted by Crippen LogP contribution is -2.24. The summed E-state index contributed by atoms with van der Waals surface area (Å²) in [6, 6.07) is 20.2. The van der Waals surface area contributed by atoms with Gasteiger partial charge >= 0.3 is 0 Å². The van der Waals surface area contributed by atoms with Crippen LogP contribution in [0.5, 0.6) is 0 Å². The fourth-order valence-electron chi connectivity index (χ4n) is 4.22. The van der Waals surface area contributed by atoms with Crippen LogP contribution in [0.4, 0.5) is 0 Å². The molecule has 0 saturated heterocycles. The largest absolute Gasteiger partial charge is 0.353 e. The minimum atomic E-state index is -0.615. The summed E-state index contributed by atoms with van der Waals surface area (Å²) in [5, 5.41) is 0. The Morgan fingerprint density at radius 3 is 1.18 bits per heavy atom. The van der Waals surface area contributed by atoms with Gasteiger partial charge in [0.25, 0.3) is 0 Å². The van der Waals surface area contributed by atoms with Crippen LogP contribution in [0, 0.1) is 0 Å². The quantitative estimate of drug-likeness (QED) is 0.0689. The Labute approximate surface area is 272 Å². The Bertz CT molecular complexity index is 887. The number of ether oxygens (including phenoxy) is 7. The van der Waals surface area contributed by atoms with Crippen molar-refractivity contribution in [3.05, 3.63) is 96.1 Å². The van der Waals surface area contributed by atoms with Gasteiger partial charge in [-0.2, -0.15) is 0 Å². The van der Waals surface area contributed by atoms with Crippen molar-refractivity contribution in [1.29, 1.82) is 0 Å². The Balaban J connectivity index is 2.10. The van der Waals surface area contributed by atoms with Crippen LogP contribution in [-0.2, 0) is 46.4 Å². The topological polar surface area (TPSA) is 64.6 Å². The predicted molar refractivity (Wildman–Crippen MR) is 180 cm³/mol. The Morgan fingerprint density at radius 2 is 0.844 bits per heavy atom. The van der Waals surface area contributed by atoms with Gasteiger partial charge in [-0.25, -0.2) is 0 Å². The van der Waals surface area contributed by atoms with Crippen molar-refractivity contribution in [2.45, 2.75) is 117 Å². The zero-order valence-corrected chi connectivity index (χ0v) is 28.1. The zero-order chi connectivity index (χ0) is 32.2. The molecule has 0 radical (unpaired) electrons. The number of allylic oxidation sites excluding steroid dienone is 2. The molecule has 0 aromatic heterocycles. The van der Waals surface area contributed by atoms with Crippen LogP contribution in [0.15, 0.2) is 85.0 Å². The van der Waals surface area contributed by atoms with Crippen LogP contribution in [0.2, 0.25) is 0 Å². The summed E-state index contributed by atoms with van der Waals surface area (Å²) < 4.78 is 42.5. The first-order chi connectivity index (χ1) is 22.2. The minimum Gasteiger partial charge on any atom is -0.353 e. The van der Waals surface area contributed by atoms with Crippen molar-refractivity contribution in [3.8, 4) is 0 Å². The molecule has 2 aromatic rings. The second kappa shape index (κ2) is 26.8. The first-order valence-electron chi connectivity index (χ1n) is 16.9. The van der Waals surface area contributed by atoms with Crippen LogP contribution < -0.4 is 0 Å². The van der Waals surface area contributed by atoms with Gasteiger partial charge in [0, 0.05) is 39.3 Å². The molecule has 0 N–H and O–H groups in total. The van der Waals surface area contributed by atoms with Crippen LogP contribution >= 0.6 is 0 Å². The average molecular weight is 627 g/mol. The SMILES string of the molecule is CCCOC(CCC=CC(OCc1ccccc1)OC(C=CCCC(OCCC)OCCC)OCc1ccccc1)OCCC. The van der Waals surface area contributed by atoms with Gasteiger partial charge in [-0.3, -0.25) is 0 Å². The highest BCUT2D eigenvalue weighted by molar-refractivity contribution is 5.14. The summed E-state index contributed by atoms with van der Waals surface area (Å²) in [6.07, 6.45) is 13.3. The fourth-order valence-corrected chi connectivity index (χ4v) is 4.22. The molecule has 45 heavy (non-hydrogen) atoms. The predicted octanol–water partition coefficient (Wildman–Crippen LogP) is 9.12. The normalized spacial score (nSPS) is 13.5. The van der Waals surface area contributed by atoms with E-state index in [1.165, 1.54) is 0 Å². The van der Waals surface area contributed by atoms with Crippen LogP contribution in [0.3, 0.4) is 0 Å². The van der Waals surface area contributed by atoms with Gasteiger partial charge < -0.3 is 33.2 Å². The van der Waals surface area contributed by atoms with E-state index in [0.717, 1.165) is 62.5 Å². The van der Waals surface area contributed by atoms with Crippen molar-refractivity contribution in [3.63, 3.8) is 0 Å². The van der Waals surface area contributed by atoms with Crippen molar-refractivity contribution < 1.29 is 33.2 Å². The molecule has 0 saturated carbocycles. The van der Waals surface area contributed by atoms with E-state index in [-0.39, 0.29) is 12.6 Å². The molecule has 2 unspecified atom stereocenters. The maximum Gasteiger partial charge on any atom is 0.180 e. The molecule has 0 aliphatic rings. The van der Waals surface area contributed by atoms with E-state index >= 15 is 0 Å². The number of benzene rings is 2. The summed E-state index contributed by atoms with van der Waals surface area (Å²) in [7, 11) is 0. The maximum atomic E-state index is 6.42. The molecule has 0 fully saturated rings. The molecule has 2 atom stereocenters. The van der Waals surface area contributed by atoms with Crippen LogP contribution in [-0.4, -0.2) is 51.6 Å². The molecule has 252 valence electrons. The van der Waals surface area contributed by atoms with E-state index < -0.39 is 12.6 Å². The number of hydrogen-bond acceptors (Lipinski definition) is 7. The molecule has 2 aromatic carbocycles. The first-order valence-corrected chi connectivity index (χ1v) is 16.9. The van der Waals surface area contributed by atoms with Crippen molar-refractivity contribution in [2.24, 2.45) is 0 Å². The summed E-state index contributed by atoms with van der Waals surface area (Å²) in [6.45, 7) is 12.0. The van der Waals surface area contributed by atoms with E-state index in [4.69, 9.17) is 33.2 Å². The standard InChI is InChI=1S/C38H58O7/c1-5-27-39-35(40-28-6-2)23-15-17-25-37(43-31-33-19-11-9-12-20-33)45-38(44-32-34-21-13-10-14-22-34)26-18-16-24-36(41-29-7-3)42-30-8-4/h9-14,17-22,25-26,35-38H,5-8,15-16,23-24,27-32H2,1-4H3. The fraction of sp³-hybridized carbons (Fsp3) is 0.579.